The zero-order chi connectivity index (χ0) is 4.57. The second kappa shape index (κ2) is 1.08. The first-order valence-electron chi connectivity index (χ1n) is 1.62. The molecular weight excluding hydrogens is 100 g/mol. The van der Waals surface area contributed by atoms with Crippen molar-refractivity contribution < 1.29 is 8.42 Å². The van der Waals surface area contributed by atoms with Crippen LogP contribution in [0.2, 0.25) is 0 Å². The molecule has 0 saturated carbocycles. The molecule has 0 aliphatic heterocycles. The lowest BCUT2D eigenvalue weighted by Gasteiger charge is -1.66. The highest BCUT2D eigenvalue weighted by Crippen LogP contribution is 2.07. The van der Waals surface area contributed by atoms with E-state index < -0.39 is 10.7 Å². The van der Waals surface area contributed by atoms with Gasteiger partial charge in [0.05, 0.1) is 5.25 Å². The summed E-state index contributed by atoms with van der Waals surface area (Å²) in [4.78, 5) is 0. The fourth-order valence-corrected chi connectivity index (χ4v) is 0.571. The number of hydrogen-bond acceptors (Lipinski definition) is 2. The third-order valence-electron chi connectivity index (χ3n) is 0.608. The molecule has 0 radical (unpaired) electrons. The lowest BCUT2D eigenvalue weighted by molar-refractivity contribution is 0.615. The molecule has 0 N–H and O–H groups in total. The Morgan fingerprint density at radius 2 is 1.83 bits per heavy atom. The van der Waals surface area contributed by atoms with E-state index in [4.69, 9.17) is 0 Å². The van der Waals surface area contributed by atoms with Crippen LogP contribution in [0, 0.1) is 0 Å². The van der Waals surface area contributed by atoms with E-state index in [9.17, 15) is 8.42 Å². The third-order valence-corrected chi connectivity index (χ3v) is 1.44. The molecule has 3 heteroatoms. The molecule has 2 nitrogen and oxygen atoms in total. The van der Waals surface area contributed by atoms with Crippen LogP contribution in [-0.2, 0) is 10.7 Å². The lowest BCUT2D eigenvalue weighted by atomic mass is 10.9. The van der Waals surface area contributed by atoms with Crippen molar-refractivity contribution in [2.24, 2.45) is 0 Å². The van der Waals surface area contributed by atoms with Crippen LogP contribution < -0.4 is 0 Å². The summed E-state index contributed by atoms with van der Waals surface area (Å²) in [7, 11) is -2.16. The van der Waals surface area contributed by atoms with Crippen molar-refractivity contribution in [2.75, 3.05) is 0 Å². The summed E-state index contributed by atoms with van der Waals surface area (Å²) in [5.74, 6) is 0. The molecule has 1 aliphatic rings. The van der Waals surface area contributed by atoms with Gasteiger partial charge in [-0.25, -0.2) is 8.42 Å². The van der Waals surface area contributed by atoms with E-state index >= 15 is 0 Å². The largest absolute Gasteiger partial charge is 0.231 e. The van der Waals surface area contributed by atoms with Gasteiger partial charge in [-0.2, -0.15) is 0 Å². The molecule has 0 atom stereocenters. The van der Waals surface area contributed by atoms with Crippen molar-refractivity contribution in [1.82, 2.24) is 0 Å². The summed E-state index contributed by atoms with van der Waals surface area (Å²) in [6.07, 6.45) is 3.29. The average Bonchev–Trinajstić information content (AvgIpc) is 2.06. The van der Waals surface area contributed by atoms with Gasteiger partial charge in [0.2, 0.25) is 0 Å². The Kier molecular flexibility index (Phi) is 0.696. The molecule has 0 aromatic heterocycles. The Bertz CT molecular complexity index is 131. The van der Waals surface area contributed by atoms with E-state index in [1.165, 1.54) is 0 Å². The topological polar surface area (TPSA) is 34.1 Å². The first kappa shape index (κ1) is 3.87. The van der Waals surface area contributed by atoms with E-state index in [0.29, 0.717) is 0 Å². The van der Waals surface area contributed by atoms with Crippen LogP contribution in [0.5, 0.6) is 0 Å². The van der Waals surface area contributed by atoms with Gasteiger partial charge >= 0.3 is 0 Å². The van der Waals surface area contributed by atoms with Crippen LogP contribution in [0.4, 0.5) is 0 Å². The van der Waals surface area contributed by atoms with Crippen molar-refractivity contribution in [3.63, 3.8) is 0 Å². The predicted molar refractivity (Wildman–Crippen MR) is 23.2 cm³/mol. The highest BCUT2D eigenvalue weighted by atomic mass is 32.2. The van der Waals surface area contributed by atoms with Gasteiger partial charge < -0.3 is 0 Å². The maximum Gasteiger partial charge on any atom is 0.150 e. The molecule has 0 spiro atoms. The minimum atomic E-state index is -2.16. The molecule has 0 saturated heterocycles. The van der Waals surface area contributed by atoms with E-state index in [1.54, 1.807) is 12.2 Å². The van der Waals surface area contributed by atoms with E-state index in [-0.39, 0.29) is 5.25 Å². The fourth-order valence-electron chi connectivity index (χ4n) is 0.190. The van der Waals surface area contributed by atoms with Gasteiger partial charge in [-0.3, -0.25) is 0 Å². The standard InChI is InChI=1S/C3H4O2S/c4-6(5)3-1-2-3/h1-3,6H. The molecule has 0 heterocycles. The van der Waals surface area contributed by atoms with Crippen LogP contribution in [0.25, 0.3) is 0 Å². The van der Waals surface area contributed by atoms with E-state index in [2.05, 4.69) is 0 Å². The van der Waals surface area contributed by atoms with Gasteiger partial charge in [-0.05, 0) is 0 Å². The third kappa shape index (κ3) is 0.597. The molecule has 0 bridgehead atoms. The zero-order valence-corrected chi connectivity index (χ0v) is 3.89. The highest BCUT2D eigenvalue weighted by molar-refractivity contribution is 7.73. The summed E-state index contributed by atoms with van der Waals surface area (Å²) in [5.41, 5.74) is 0. The second-order valence-electron chi connectivity index (χ2n) is 1.16. The molecular formula is C3H4O2S. The van der Waals surface area contributed by atoms with Gasteiger partial charge in [0.15, 0.2) is 0 Å². The Morgan fingerprint density at radius 1 is 1.33 bits per heavy atom. The summed E-state index contributed by atoms with van der Waals surface area (Å²) in [6.45, 7) is 0. The molecule has 34 valence electrons. The van der Waals surface area contributed by atoms with Crippen LogP contribution in [0.3, 0.4) is 0 Å². The summed E-state index contributed by atoms with van der Waals surface area (Å²) in [6, 6.07) is 0. The van der Waals surface area contributed by atoms with Crippen LogP contribution >= 0.6 is 0 Å². The first-order valence-corrected chi connectivity index (χ1v) is 2.87. The lowest BCUT2D eigenvalue weighted by Crippen LogP contribution is -1.82. The molecule has 1 aliphatic carbocycles. The quantitative estimate of drug-likeness (QED) is 0.360. The summed E-state index contributed by atoms with van der Waals surface area (Å²) >= 11 is 0. The van der Waals surface area contributed by atoms with Gasteiger partial charge in [0.25, 0.3) is 0 Å². The van der Waals surface area contributed by atoms with Gasteiger partial charge in [-0.15, -0.1) is 0 Å². The molecule has 6 heavy (non-hydrogen) atoms. The predicted octanol–water partition coefficient (Wildman–Crippen LogP) is -0.464. The number of hydrogen-bond donors (Lipinski definition) is 1. The first-order chi connectivity index (χ1) is 2.80. The summed E-state index contributed by atoms with van der Waals surface area (Å²) < 4.78 is 19.5. The summed E-state index contributed by atoms with van der Waals surface area (Å²) in [5, 5.41) is -0.194. The molecule has 1 rings (SSSR count). The van der Waals surface area contributed by atoms with Gasteiger partial charge in [0.1, 0.15) is 10.7 Å². The van der Waals surface area contributed by atoms with Gasteiger partial charge in [-0.1, -0.05) is 12.2 Å². The van der Waals surface area contributed by atoms with E-state index in [1.807, 2.05) is 0 Å². The molecule has 0 aromatic rings. The maximum absolute atomic E-state index is 9.74. The fraction of sp³-hybridized carbons (Fsp3) is 0.333. The molecule has 0 aromatic carbocycles. The van der Waals surface area contributed by atoms with Crippen molar-refractivity contribution in [3.05, 3.63) is 12.2 Å². The van der Waals surface area contributed by atoms with E-state index in [0.717, 1.165) is 0 Å². The van der Waals surface area contributed by atoms with Crippen LogP contribution in [-0.4, -0.2) is 13.7 Å². The zero-order valence-electron chi connectivity index (χ0n) is 3.00. The van der Waals surface area contributed by atoms with Crippen molar-refractivity contribution >= 4 is 10.7 Å². The molecule has 0 unspecified atom stereocenters. The minimum Gasteiger partial charge on any atom is -0.231 e. The second-order valence-corrected chi connectivity index (χ2v) is 2.33. The van der Waals surface area contributed by atoms with Gasteiger partial charge in [0, 0.05) is 0 Å². The Balaban J connectivity index is 2.56. The molecule has 0 fully saturated rings. The van der Waals surface area contributed by atoms with Crippen molar-refractivity contribution in [2.45, 2.75) is 5.25 Å². The van der Waals surface area contributed by atoms with Crippen LogP contribution in [0.1, 0.15) is 0 Å². The molecule has 0 amide bonds. The smallest absolute Gasteiger partial charge is 0.150 e. The Hall–Kier alpha value is -0.310. The SMILES string of the molecule is O=[SH](=O)C1C=C1. The highest BCUT2D eigenvalue weighted by Gasteiger charge is 2.11. The monoisotopic (exact) mass is 104 g/mol. The van der Waals surface area contributed by atoms with Crippen molar-refractivity contribution in [1.29, 1.82) is 0 Å². The normalized spacial score (nSPS) is 19.5. The number of thiol groups is 1. The number of rotatable bonds is 1. The minimum absolute atomic E-state index is 0.194. The van der Waals surface area contributed by atoms with Crippen molar-refractivity contribution in [3.8, 4) is 0 Å². The maximum atomic E-state index is 9.74. The Morgan fingerprint density at radius 3 is 1.83 bits per heavy atom. The van der Waals surface area contributed by atoms with Crippen LogP contribution in [0.15, 0.2) is 12.2 Å². The average molecular weight is 104 g/mol. The Labute approximate surface area is 37.4 Å².